The van der Waals surface area contributed by atoms with E-state index in [0.29, 0.717) is 11.3 Å². The zero-order valence-corrected chi connectivity index (χ0v) is 15.0. The summed E-state index contributed by atoms with van der Waals surface area (Å²) in [6.07, 6.45) is 0. The Kier molecular flexibility index (Phi) is 3.55. The van der Waals surface area contributed by atoms with Gasteiger partial charge in [-0.05, 0) is 26.8 Å². The van der Waals surface area contributed by atoms with Gasteiger partial charge in [-0.1, -0.05) is 18.2 Å². The van der Waals surface area contributed by atoms with E-state index in [1.165, 1.54) is 16.3 Å². The number of nitrogens with zero attached hydrogens (tertiary/aromatic N) is 2. The summed E-state index contributed by atoms with van der Waals surface area (Å²) in [5, 5.41) is 2.49. The first kappa shape index (κ1) is 16.9. The Bertz CT molecular complexity index is 828. The molecule has 1 saturated heterocycles. The Hall–Kier alpha value is -1.93. The molecule has 0 bridgehead atoms. The normalized spacial score (nSPS) is 25.8. The van der Waals surface area contributed by atoms with Crippen LogP contribution in [0.15, 0.2) is 24.3 Å². The highest BCUT2D eigenvalue weighted by atomic mass is 32.2. The van der Waals surface area contributed by atoms with Crippen LogP contribution in [0.2, 0.25) is 0 Å². The first-order chi connectivity index (χ1) is 11.1. The molecule has 2 atom stereocenters. The van der Waals surface area contributed by atoms with Gasteiger partial charge in [0.2, 0.25) is 15.9 Å². The molecule has 1 spiro atoms. The number of rotatable bonds is 3. The predicted molar refractivity (Wildman–Crippen MR) is 89.9 cm³/mol. The number of likely N-dealkylation sites (N-methyl/N-ethyl adjacent to an activating group) is 1. The van der Waals surface area contributed by atoms with E-state index >= 15 is 0 Å². The Balaban J connectivity index is 2.06. The van der Waals surface area contributed by atoms with Gasteiger partial charge in [-0.15, -0.1) is 0 Å². The number of para-hydroxylation sites is 1. The molecule has 1 unspecified atom stereocenters. The lowest BCUT2D eigenvalue weighted by Gasteiger charge is -2.22. The fourth-order valence-electron chi connectivity index (χ4n) is 3.07. The lowest BCUT2D eigenvalue weighted by Crippen LogP contribution is -2.43. The quantitative estimate of drug-likeness (QED) is 0.800. The van der Waals surface area contributed by atoms with Crippen LogP contribution in [-0.4, -0.2) is 49.4 Å². The maximum Gasteiger partial charge on any atom is 0.255 e. The van der Waals surface area contributed by atoms with Gasteiger partial charge in [0.15, 0.2) is 5.54 Å². The summed E-state index contributed by atoms with van der Waals surface area (Å²) in [5.41, 5.74) is 0.0425. The van der Waals surface area contributed by atoms with Crippen LogP contribution in [0.25, 0.3) is 0 Å². The molecule has 1 fully saturated rings. The van der Waals surface area contributed by atoms with Crippen LogP contribution in [0, 0.1) is 0 Å². The lowest BCUT2D eigenvalue weighted by molar-refractivity contribution is -0.124. The standard InChI is InChI=1S/C16H21N3O4S/c1-15(2,3)24(22,23)19-10-16(19)11-7-5-6-8-12(11)18(14(16)21)9-13(20)17-4/h5-8H,9-10H2,1-4H3,(H,17,20)/t16-,19?/m0/s1. The number of hydrogen-bond donors (Lipinski definition) is 1. The SMILES string of the molecule is CNC(=O)CN1C(=O)[C@]2(CN2S(=O)(=O)C(C)(C)C)c2ccccc21. The first-order valence-electron chi connectivity index (χ1n) is 7.72. The second kappa shape index (κ2) is 5.03. The van der Waals surface area contributed by atoms with Crippen molar-refractivity contribution in [1.29, 1.82) is 0 Å². The third-order valence-electron chi connectivity index (χ3n) is 4.58. The Morgan fingerprint density at radius 3 is 2.50 bits per heavy atom. The minimum atomic E-state index is -3.64. The van der Waals surface area contributed by atoms with Crippen LogP contribution < -0.4 is 10.2 Å². The van der Waals surface area contributed by atoms with Gasteiger partial charge in [-0.2, -0.15) is 4.31 Å². The van der Waals surface area contributed by atoms with Crippen molar-refractivity contribution < 1.29 is 18.0 Å². The number of amides is 2. The molecule has 2 aliphatic heterocycles. The van der Waals surface area contributed by atoms with Crippen molar-refractivity contribution in [2.75, 3.05) is 25.0 Å². The summed E-state index contributed by atoms with van der Waals surface area (Å²) in [5.74, 6) is -0.666. The van der Waals surface area contributed by atoms with Crippen molar-refractivity contribution in [3.63, 3.8) is 0 Å². The highest BCUT2D eigenvalue weighted by Gasteiger charge is 2.71. The third kappa shape index (κ3) is 2.09. The molecule has 1 aromatic rings. The van der Waals surface area contributed by atoms with Crippen LogP contribution in [0.4, 0.5) is 5.69 Å². The fraction of sp³-hybridized carbons (Fsp3) is 0.500. The molecule has 0 aliphatic carbocycles. The molecule has 7 nitrogen and oxygen atoms in total. The number of fused-ring (bicyclic) bond motifs is 2. The molecular weight excluding hydrogens is 330 g/mol. The van der Waals surface area contributed by atoms with Crippen LogP contribution in [0.5, 0.6) is 0 Å². The molecule has 2 aliphatic rings. The number of nitrogens with one attached hydrogen (secondary N) is 1. The first-order valence-corrected chi connectivity index (χ1v) is 9.16. The molecule has 0 aromatic heterocycles. The number of carbonyl (C=O) groups is 2. The van der Waals surface area contributed by atoms with Crippen LogP contribution >= 0.6 is 0 Å². The number of sulfonamides is 1. The van der Waals surface area contributed by atoms with E-state index in [9.17, 15) is 18.0 Å². The summed E-state index contributed by atoms with van der Waals surface area (Å²) in [4.78, 5) is 26.1. The number of carbonyl (C=O) groups excluding carboxylic acids is 2. The topological polar surface area (TPSA) is 86.6 Å². The average Bonchev–Trinajstić information content (AvgIpc) is 3.23. The molecule has 2 amide bonds. The predicted octanol–water partition coefficient (Wildman–Crippen LogP) is 0.418. The second-order valence-electron chi connectivity index (χ2n) is 7.07. The van der Waals surface area contributed by atoms with Gasteiger partial charge < -0.3 is 10.2 Å². The highest BCUT2D eigenvalue weighted by Crippen LogP contribution is 2.55. The van der Waals surface area contributed by atoms with Crippen LogP contribution in [0.3, 0.4) is 0 Å². The second-order valence-corrected chi connectivity index (χ2v) is 9.68. The van der Waals surface area contributed by atoms with Crippen LogP contribution in [-0.2, 0) is 25.2 Å². The number of benzene rings is 1. The largest absolute Gasteiger partial charge is 0.358 e. The molecule has 130 valence electrons. The summed E-state index contributed by atoms with van der Waals surface area (Å²) in [6.45, 7) is 4.83. The maximum absolute atomic E-state index is 13.0. The van der Waals surface area contributed by atoms with Gasteiger partial charge >= 0.3 is 0 Å². The van der Waals surface area contributed by atoms with E-state index in [0.717, 1.165) is 0 Å². The van der Waals surface area contributed by atoms with E-state index in [2.05, 4.69) is 5.32 Å². The molecule has 0 saturated carbocycles. The molecular formula is C16H21N3O4S. The van der Waals surface area contributed by atoms with Crippen molar-refractivity contribution in [3.8, 4) is 0 Å². The molecule has 24 heavy (non-hydrogen) atoms. The number of hydrogen-bond acceptors (Lipinski definition) is 4. The van der Waals surface area contributed by atoms with Gasteiger partial charge in [-0.25, -0.2) is 8.42 Å². The van der Waals surface area contributed by atoms with Gasteiger partial charge in [0.05, 0.1) is 4.75 Å². The van der Waals surface area contributed by atoms with Gasteiger partial charge in [0, 0.05) is 24.8 Å². The summed E-state index contributed by atoms with van der Waals surface area (Å²) in [6, 6.07) is 7.05. The number of anilines is 1. The van der Waals surface area contributed by atoms with E-state index in [1.807, 2.05) is 0 Å². The van der Waals surface area contributed by atoms with E-state index < -0.39 is 20.3 Å². The molecule has 1 aromatic carbocycles. The smallest absolute Gasteiger partial charge is 0.255 e. The maximum atomic E-state index is 13.0. The van der Waals surface area contributed by atoms with E-state index in [1.54, 1.807) is 45.0 Å². The molecule has 3 rings (SSSR count). The van der Waals surface area contributed by atoms with Crippen molar-refractivity contribution in [1.82, 2.24) is 9.62 Å². The van der Waals surface area contributed by atoms with Crippen molar-refractivity contribution in [3.05, 3.63) is 29.8 Å². The average molecular weight is 351 g/mol. The van der Waals surface area contributed by atoms with Gasteiger partial charge in [-0.3, -0.25) is 9.59 Å². The van der Waals surface area contributed by atoms with Crippen molar-refractivity contribution in [2.24, 2.45) is 0 Å². The summed E-state index contributed by atoms with van der Waals surface area (Å²) in [7, 11) is -2.14. The van der Waals surface area contributed by atoms with E-state index in [-0.39, 0.29) is 24.9 Å². The van der Waals surface area contributed by atoms with E-state index in [4.69, 9.17) is 0 Å². The lowest BCUT2D eigenvalue weighted by atomic mass is 10.0. The summed E-state index contributed by atoms with van der Waals surface area (Å²) >= 11 is 0. The molecule has 0 radical (unpaired) electrons. The Labute approximate surface area is 141 Å². The zero-order valence-electron chi connectivity index (χ0n) is 14.2. The molecule has 8 heteroatoms. The van der Waals surface area contributed by atoms with Crippen molar-refractivity contribution in [2.45, 2.75) is 31.1 Å². The monoisotopic (exact) mass is 351 g/mol. The molecule has 1 N–H and O–H groups in total. The van der Waals surface area contributed by atoms with Gasteiger partial charge in [0.1, 0.15) is 6.54 Å². The fourth-order valence-corrected chi connectivity index (χ4v) is 4.68. The minimum absolute atomic E-state index is 0.118. The van der Waals surface area contributed by atoms with Crippen LogP contribution in [0.1, 0.15) is 26.3 Å². The Morgan fingerprint density at radius 1 is 1.29 bits per heavy atom. The van der Waals surface area contributed by atoms with Gasteiger partial charge in [0.25, 0.3) is 5.91 Å². The minimum Gasteiger partial charge on any atom is -0.358 e. The third-order valence-corrected chi connectivity index (χ3v) is 7.15. The zero-order chi connectivity index (χ0) is 17.9. The molecule has 2 heterocycles. The highest BCUT2D eigenvalue weighted by molar-refractivity contribution is 7.90. The van der Waals surface area contributed by atoms with Crippen molar-refractivity contribution >= 4 is 27.5 Å². The summed E-state index contributed by atoms with van der Waals surface area (Å²) < 4.78 is 25.8. The Morgan fingerprint density at radius 2 is 1.92 bits per heavy atom.